The van der Waals surface area contributed by atoms with Gasteiger partial charge in [0.15, 0.2) is 0 Å². The largest absolute Gasteiger partial charge is 0.0616 e. The topological polar surface area (TPSA) is 0 Å². The molecule has 0 bridgehead atoms. The van der Waals surface area contributed by atoms with Crippen molar-refractivity contribution >= 4 is 64.6 Å². The highest BCUT2D eigenvalue weighted by Crippen LogP contribution is 2.57. The molecule has 0 saturated carbocycles. The minimum absolute atomic E-state index is 0.158. The average Bonchev–Trinajstić information content (AvgIpc) is 3.40. The minimum atomic E-state index is -0.158. The standard InChI is InChI=1S/C49H32/c1-49(2)43-28-42(30-20-18-29(19-21-30)34-26-24-33-23-22-31-10-9-11-32-25-27-40(34)45(33)44(31)32)37-14-4-6-15-38(37)46(43)47-39-16-7-3-12-35(39)36-13-5-8-17-41(36)48(47)49/h3-28H,1-2H3. The fourth-order valence-electron chi connectivity index (χ4n) is 9.38. The Kier molecular flexibility index (Phi) is 5.27. The van der Waals surface area contributed by atoms with Gasteiger partial charge >= 0.3 is 0 Å². The van der Waals surface area contributed by atoms with E-state index in [9.17, 15) is 0 Å². The van der Waals surface area contributed by atoms with E-state index in [4.69, 9.17) is 0 Å². The van der Waals surface area contributed by atoms with E-state index in [2.05, 4.69) is 172 Å². The maximum absolute atomic E-state index is 2.51. The first-order valence-electron chi connectivity index (χ1n) is 17.4. The molecule has 49 heavy (non-hydrogen) atoms. The molecule has 0 heteroatoms. The third-order valence-corrected chi connectivity index (χ3v) is 11.6. The Morgan fingerprint density at radius 1 is 0.347 bits per heavy atom. The molecule has 0 nitrogen and oxygen atoms in total. The Bertz CT molecular complexity index is 2980. The second kappa shape index (κ2) is 9.56. The summed E-state index contributed by atoms with van der Waals surface area (Å²) in [5.74, 6) is 0. The van der Waals surface area contributed by atoms with Gasteiger partial charge < -0.3 is 0 Å². The van der Waals surface area contributed by atoms with Crippen molar-refractivity contribution in [1.29, 1.82) is 0 Å². The van der Waals surface area contributed by atoms with Crippen LogP contribution in [0.3, 0.4) is 0 Å². The lowest BCUT2D eigenvalue weighted by Crippen LogP contribution is -2.16. The zero-order valence-electron chi connectivity index (χ0n) is 27.5. The van der Waals surface area contributed by atoms with Crippen LogP contribution in [0, 0.1) is 0 Å². The summed E-state index contributed by atoms with van der Waals surface area (Å²) in [7, 11) is 0. The first-order valence-corrected chi connectivity index (χ1v) is 17.4. The highest BCUT2D eigenvalue weighted by molar-refractivity contribution is 6.26. The van der Waals surface area contributed by atoms with Gasteiger partial charge in [-0.2, -0.15) is 0 Å². The second-order valence-electron chi connectivity index (χ2n) is 14.4. The molecule has 0 atom stereocenters. The van der Waals surface area contributed by atoms with Crippen LogP contribution in [0.1, 0.15) is 25.0 Å². The number of fused-ring (bicyclic) bond motifs is 10. The normalized spacial score (nSPS) is 13.7. The van der Waals surface area contributed by atoms with Crippen molar-refractivity contribution in [2.24, 2.45) is 0 Å². The fraction of sp³-hybridized carbons (Fsp3) is 0.0612. The van der Waals surface area contributed by atoms with Gasteiger partial charge in [0, 0.05) is 5.41 Å². The average molecular weight is 621 g/mol. The van der Waals surface area contributed by atoms with Crippen LogP contribution in [0.15, 0.2) is 158 Å². The maximum Gasteiger partial charge on any atom is 0.0165 e. The molecule has 11 rings (SSSR count). The Balaban J connectivity index is 1.13. The van der Waals surface area contributed by atoms with E-state index in [1.807, 2.05) is 0 Å². The molecule has 0 unspecified atom stereocenters. The van der Waals surface area contributed by atoms with Crippen molar-refractivity contribution in [1.82, 2.24) is 0 Å². The first kappa shape index (κ1) is 27.0. The third kappa shape index (κ3) is 3.53. The second-order valence-corrected chi connectivity index (χ2v) is 14.4. The lowest BCUT2D eigenvalue weighted by Gasteiger charge is -2.25. The molecule has 0 saturated heterocycles. The predicted octanol–water partition coefficient (Wildman–Crippen LogP) is 13.7. The van der Waals surface area contributed by atoms with Crippen LogP contribution < -0.4 is 0 Å². The van der Waals surface area contributed by atoms with E-state index in [0.717, 1.165) is 0 Å². The van der Waals surface area contributed by atoms with Gasteiger partial charge in [0.2, 0.25) is 0 Å². The number of hydrogen-bond acceptors (Lipinski definition) is 0. The zero-order chi connectivity index (χ0) is 32.4. The molecule has 10 aromatic carbocycles. The Morgan fingerprint density at radius 3 is 1.55 bits per heavy atom. The molecular formula is C49H32. The van der Waals surface area contributed by atoms with Gasteiger partial charge in [0.25, 0.3) is 0 Å². The van der Waals surface area contributed by atoms with Gasteiger partial charge in [0.1, 0.15) is 0 Å². The summed E-state index contributed by atoms with van der Waals surface area (Å²) in [6.07, 6.45) is 0. The van der Waals surface area contributed by atoms with Crippen molar-refractivity contribution in [3.8, 4) is 33.4 Å². The summed E-state index contributed by atoms with van der Waals surface area (Å²) >= 11 is 0. The zero-order valence-corrected chi connectivity index (χ0v) is 27.5. The monoisotopic (exact) mass is 620 g/mol. The molecule has 1 aliphatic rings. The summed E-state index contributed by atoms with van der Waals surface area (Å²) in [6, 6.07) is 59.2. The van der Waals surface area contributed by atoms with Gasteiger partial charge in [-0.05, 0) is 115 Å². The van der Waals surface area contributed by atoms with Crippen LogP contribution in [0.5, 0.6) is 0 Å². The summed E-state index contributed by atoms with van der Waals surface area (Å²) in [4.78, 5) is 0. The van der Waals surface area contributed by atoms with Crippen molar-refractivity contribution in [3.63, 3.8) is 0 Å². The van der Waals surface area contributed by atoms with E-state index in [1.165, 1.54) is 109 Å². The molecular weight excluding hydrogens is 589 g/mol. The summed E-state index contributed by atoms with van der Waals surface area (Å²) in [6.45, 7) is 4.85. The Labute approximate surface area is 285 Å². The fourth-order valence-corrected chi connectivity index (χ4v) is 9.38. The van der Waals surface area contributed by atoms with Crippen LogP contribution in [0.25, 0.3) is 98.0 Å². The van der Waals surface area contributed by atoms with Gasteiger partial charge in [-0.3, -0.25) is 0 Å². The first-order chi connectivity index (χ1) is 24.1. The van der Waals surface area contributed by atoms with E-state index in [-0.39, 0.29) is 5.41 Å². The maximum atomic E-state index is 2.51. The Hall–Kier alpha value is -5.98. The molecule has 0 aromatic heterocycles. The molecule has 10 aromatic rings. The summed E-state index contributed by atoms with van der Waals surface area (Å²) in [5.41, 5.74) is 10.6. The molecule has 0 amide bonds. The summed E-state index contributed by atoms with van der Waals surface area (Å²) in [5, 5.41) is 16.0. The van der Waals surface area contributed by atoms with E-state index < -0.39 is 0 Å². The number of benzene rings is 10. The van der Waals surface area contributed by atoms with Crippen molar-refractivity contribution in [2.75, 3.05) is 0 Å². The lowest BCUT2D eigenvalue weighted by atomic mass is 9.78. The van der Waals surface area contributed by atoms with Crippen LogP contribution in [0.4, 0.5) is 0 Å². The molecule has 228 valence electrons. The lowest BCUT2D eigenvalue weighted by molar-refractivity contribution is 0.667. The molecule has 0 spiro atoms. The predicted molar refractivity (Wildman–Crippen MR) is 211 cm³/mol. The number of hydrogen-bond donors (Lipinski definition) is 0. The van der Waals surface area contributed by atoms with E-state index in [0.29, 0.717) is 0 Å². The van der Waals surface area contributed by atoms with Crippen molar-refractivity contribution in [2.45, 2.75) is 19.3 Å². The number of rotatable bonds is 2. The van der Waals surface area contributed by atoms with E-state index >= 15 is 0 Å². The van der Waals surface area contributed by atoms with Crippen LogP contribution in [-0.4, -0.2) is 0 Å². The minimum Gasteiger partial charge on any atom is -0.0616 e. The summed E-state index contributed by atoms with van der Waals surface area (Å²) < 4.78 is 0. The molecule has 0 fully saturated rings. The van der Waals surface area contributed by atoms with E-state index in [1.54, 1.807) is 0 Å². The van der Waals surface area contributed by atoms with Crippen molar-refractivity contribution in [3.05, 3.63) is 169 Å². The third-order valence-electron chi connectivity index (χ3n) is 11.6. The van der Waals surface area contributed by atoms with Gasteiger partial charge in [0.05, 0.1) is 0 Å². The molecule has 0 heterocycles. The molecule has 0 radical (unpaired) electrons. The van der Waals surface area contributed by atoms with Crippen LogP contribution in [0.2, 0.25) is 0 Å². The van der Waals surface area contributed by atoms with Gasteiger partial charge in [-0.25, -0.2) is 0 Å². The smallest absolute Gasteiger partial charge is 0.0165 e. The van der Waals surface area contributed by atoms with Gasteiger partial charge in [-0.1, -0.05) is 166 Å². The highest BCUT2D eigenvalue weighted by Gasteiger charge is 2.40. The molecule has 1 aliphatic carbocycles. The van der Waals surface area contributed by atoms with Crippen molar-refractivity contribution < 1.29 is 0 Å². The molecule has 0 N–H and O–H groups in total. The van der Waals surface area contributed by atoms with Gasteiger partial charge in [-0.15, -0.1) is 0 Å². The quantitative estimate of drug-likeness (QED) is 0.169. The highest BCUT2D eigenvalue weighted by atomic mass is 14.4. The SMILES string of the molecule is CC1(C)c2cc(-c3ccc(-c4ccc5ccc6cccc7ccc4c5c67)cc3)c3ccccc3c2-c2c1c1ccccc1c1ccccc21. The Morgan fingerprint density at radius 2 is 0.857 bits per heavy atom. The van der Waals surface area contributed by atoms with Crippen LogP contribution >= 0.6 is 0 Å². The van der Waals surface area contributed by atoms with Crippen LogP contribution in [-0.2, 0) is 5.41 Å². The molecule has 0 aliphatic heterocycles.